The van der Waals surface area contributed by atoms with Crippen molar-refractivity contribution in [3.8, 4) is 0 Å². The van der Waals surface area contributed by atoms with E-state index in [-0.39, 0.29) is 22.6 Å². The molecule has 0 radical (unpaired) electrons. The summed E-state index contributed by atoms with van der Waals surface area (Å²) >= 11 is 0. The highest BCUT2D eigenvalue weighted by Gasteiger charge is 2.43. The van der Waals surface area contributed by atoms with Crippen LogP contribution in [0.1, 0.15) is 48.0 Å². The number of nitrogens with zero attached hydrogens (tertiary/aromatic N) is 1. The Morgan fingerprint density at radius 1 is 1.00 bits per heavy atom. The maximum atomic E-state index is 13.8. The van der Waals surface area contributed by atoms with Crippen LogP contribution in [0.15, 0.2) is 53.1 Å². The third-order valence-electron chi connectivity index (χ3n) is 4.99. The van der Waals surface area contributed by atoms with E-state index in [4.69, 9.17) is 4.42 Å². The van der Waals surface area contributed by atoms with E-state index < -0.39 is 35.1 Å². The Balaban J connectivity index is 1.75. The molecule has 3 aromatic rings. The molecule has 1 aromatic heterocycles. The van der Waals surface area contributed by atoms with E-state index in [0.717, 1.165) is 6.07 Å². The van der Waals surface area contributed by atoms with Crippen LogP contribution in [-0.2, 0) is 6.18 Å². The van der Waals surface area contributed by atoms with E-state index >= 15 is 0 Å². The van der Waals surface area contributed by atoms with Crippen LogP contribution in [0.5, 0.6) is 0 Å². The first-order valence-electron chi connectivity index (χ1n) is 9.14. The highest BCUT2D eigenvalue weighted by molar-refractivity contribution is 6.35. The van der Waals surface area contributed by atoms with Gasteiger partial charge in [-0.3, -0.25) is 14.4 Å². The summed E-state index contributed by atoms with van der Waals surface area (Å²) in [5.74, 6) is -2.42. The molecule has 0 spiro atoms. The summed E-state index contributed by atoms with van der Waals surface area (Å²) in [5, 5.41) is 2.34. The Bertz CT molecular complexity index is 1240. The van der Waals surface area contributed by atoms with Gasteiger partial charge >= 0.3 is 6.18 Å². The van der Waals surface area contributed by atoms with Crippen molar-refractivity contribution >= 4 is 29.1 Å². The monoisotopic (exact) mass is 428 g/mol. The van der Waals surface area contributed by atoms with Crippen LogP contribution in [0.3, 0.4) is 0 Å². The first kappa shape index (κ1) is 20.4. The molecule has 1 N–H and O–H groups in total. The lowest BCUT2D eigenvalue weighted by molar-refractivity contribution is -0.137. The molecule has 3 amide bonds. The third-order valence-corrected chi connectivity index (χ3v) is 4.99. The summed E-state index contributed by atoms with van der Waals surface area (Å²) in [5.41, 5.74) is -0.866. The van der Waals surface area contributed by atoms with Gasteiger partial charge in [0.15, 0.2) is 5.76 Å². The van der Waals surface area contributed by atoms with Crippen molar-refractivity contribution < 1.29 is 32.0 Å². The predicted molar refractivity (Wildman–Crippen MR) is 105 cm³/mol. The standard InChI is InChI=1S/C22H15F3N2O4/c1-11-4-3-5-14-17(11)21(30)27(20(14)29)16-7-6-13(10-15(16)22(23,24)25)26-19(28)18-12(2)8-9-31-18/h3-10H,1-2H3,(H,26,28). The number of carbonyl (C=O) groups is 3. The number of anilines is 2. The van der Waals surface area contributed by atoms with Gasteiger partial charge in [0.2, 0.25) is 0 Å². The van der Waals surface area contributed by atoms with Gasteiger partial charge in [-0.05, 0) is 49.7 Å². The van der Waals surface area contributed by atoms with Crippen LogP contribution in [0.4, 0.5) is 24.5 Å². The summed E-state index contributed by atoms with van der Waals surface area (Å²) in [6.45, 7) is 3.22. The molecule has 0 saturated carbocycles. The Labute approximate surface area is 174 Å². The predicted octanol–water partition coefficient (Wildman–Crippen LogP) is 4.97. The second-order valence-electron chi connectivity index (χ2n) is 7.06. The normalized spacial score (nSPS) is 13.5. The lowest BCUT2D eigenvalue weighted by Gasteiger charge is -2.21. The minimum Gasteiger partial charge on any atom is -0.459 e. The number of hydrogen-bond acceptors (Lipinski definition) is 4. The van der Waals surface area contributed by atoms with Gasteiger partial charge < -0.3 is 9.73 Å². The zero-order valence-corrected chi connectivity index (χ0v) is 16.3. The van der Waals surface area contributed by atoms with Crippen LogP contribution < -0.4 is 10.2 Å². The number of fused-ring (bicyclic) bond motifs is 1. The smallest absolute Gasteiger partial charge is 0.418 e. The molecule has 4 rings (SSSR count). The van der Waals surface area contributed by atoms with E-state index in [1.165, 1.54) is 18.4 Å². The number of halogens is 3. The van der Waals surface area contributed by atoms with E-state index in [1.54, 1.807) is 32.0 Å². The van der Waals surface area contributed by atoms with Gasteiger partial charge in [-0.1, -0.05) is 12.1 Å². The van der Waals surface area contributed by atoms with Gasteiger partial charge in [0.25, 0.3) is 17.7 Å². The van der Waals surface area contributed by atoms with E-state index in [2.05, 4.69) is 5.32 Å². The van der Waals surface area contributed by atoms with Crippen molar-refractivity contribution in [2.45, 2.75) is 20.0 Å². The van der Waals surface area contributed by atoms with Crippen molar-refractivity contribution in [1.82, 2.24) is 0 Å². The SMILES string of the molecule is Cc1ccoc1C(=O)Nc1ccc(N2C(=O)c3cccc(C)c3C2=O)c(C(F)(F)F)c1. The Morgan fingerprint density at radius 3 is 2.35 bits per heavy atom. The molecular weight excluding hydrogens is 413 g/mol. The van der Waals surface area contributed by atoms with Crippen molar-refractivity contribution in [2.24, 2.45) is 0 Å². The van der Waals surface area contributed by atoms with Crippen molar-refractivity contribution in [3.05, 3.63) is 82.3 Å². The average molecular weight is 428 g/mol. The molecule has 2 heterocycles. The molecule has 0 unspecified atom stereocenters. The van der Waals surface area contributed by atoms with E-state index in [0.29, 0.717) is 22.1 Å². The van der Waals surface area contributed by atoms with Crippen LogP contribution in [0, 0.1) is 13.8 Å². The number of hydrogen-bond donors (Lipinski definition) is 1. The maximum absolute atomic E-state index is 13.8. The van der Waals surface area contributed by atoms with Gasteiger partial charge in [0, 0.05) is 11.3 Å². The Kier molecular flexibility index (Phi) is 4.68. The summed E-state index contributed by atoms with van der Waals surface area (Å²) in [7, 11) is 0. The first-order valence-corrected chi connectivity index (χ1v) is 9.14. The van der Waals surface area contributed by atoms with Crippen LogP contribution in [-0.4, -0.2) is 17.7 Å². The second kappa shape index (κ2) is 7.12. The second-order valence-corrected chi connectivity index (χ2v) is 7.06. The lowest BCUT2D eigenvalue weighted by atomic mass is 10.0. The summed E-state index contributed by atoms with van der Waals surface area (Å²) in [6, 6.07) is 8.97. The third kappa shape index (κ3) is 3.37. The number of benzene rings is 2. The van der Waals surface area contributed by atoms with Crippen LogP contribution in [0.25, 0.3) is 0 Å². The van der Waals surface area contributed by atoms with Gasteiger partial charge in [0.1, 0.15) is 0 Å². The molecule has 0 bridgehead atoms. The number of nitrogens with one attached hydrogen (secondary N) is 1. The topological polar surface area (TPSA) is 79.6 Å². The van der Waals surface area contributed by atoms with Gasteiger partial charge in [-0.2, -0.15) is 13.2 Å². The number of amides is 3. The fourth-order valence-electron chi connectivity index (χ4n) is 3.50. The fraction of sp³-hybridized carbons (Fsp3) is 0.136. The molecule has 0 aliphatic carbocycles. The van der Waals surface area contributed by atoms with Crippen LogP contribution in [0.2, 0.25) is 0 Å². The van der Waals surface area contributed by atoms with Gasteiger partial charge in [-0.15, -0.1) is 0 Å². The molecule has 158 valence electrons. The summed E-state index contributed by atoms with van der Waals surface area (Å²) < 4.78 is 46.6. The lowest BCUT2D eigenvalue weighted by Crippen LogP contribution is -2.31. The molecule has 6 nitrogen and oxygen atoms in total. The minimum atomic E-state index is -4.89. The molecular formula is C22H15F3N2O4. The highest BCUT2D eigenvalue weighted by atomic mass is 19.4. The average Bonchev–Trinajstić information content (AvgIpc) is 3.23. The molecule has 2 aromatic carbocycles. The van der Waals surface area contributed by atoms with Gasteiger partial charge in [-0.25, -0.2) is 4.90 Å². The maximum Gasteiger partial charge on any atom is 0.418 e. The Morgan fingerprint density at radius 2 is 1.74 bits per heavy atom. The number of alkyl halides is 3. The van der Waals surface area contributed by atoms with E-state index in [9.17, 15) is 27.6 Å². The highest BCUT2D eigenvalue weighted by Crippen LogP contribution is 2.41. The summed E-state index contributed by atoms with van der Waals surface area (Å²) in [4.78, 5) is 38.4. The fourth-order valence-corrected chi connectivity index (χ4v) is 3.50. The molecule has 1 aliphatic rings. The van der Waals surface area contributed by atoms with Gasteiger partial charge in [0.05, 0.1) is 28.6 Å². The number of furan rings is 1. The molecule has 1 aliphatic heterocycles. The number of rotatable bonds is 3. The summed E-state index contributed by atoms with van der Waals surface area (Å²) in [6.07, 6.45) is -3.60. The molecule has 31 heavy (non-hydrogen) atoms. The molecule has 0 saturated heterocycles. The van der Waals surface area contributed by atoms with E-state index in [1.807, 2.05) is 0 Å². The first-order chi connectivity index (χ1) is 14.6. The largest absolute Gasteiger partial charge is 0.459 e. The number of aryl methyl sites for hydroxylation is 2. The van der Waals surface area contributed by atoms with Crippen molar-refractivity contribution in [2.75, 3.05) is 10.2 Å². The van der Waals surface area contributed by atoms with Crippen molar-refractivity contribution in [1.29, 1.82) is 0 Å². The zero-order chi connectivity index (χ0) is 22.5. The molecule has 9 heteroatoms. The minimum absolute atomic E-state index is 0.0338. The van der Waals surface area contributed by atoms with Crippen LogP contribution >= 0.6 is 0 Å². The number of imide groups is 1. The Hall–Kier alpha value is -3.88. The number of carbonyl (C=O) groups excluding carboxylic acids is 3. The zero-order valence-electron chi connectivity index (χ0n) is 16.3. The quantitative estimate of drug-likeness (QED) is 0.598. The molecule has 0 fully saturated rings. The van der Waals surface area contributed by atoms with Crippen molar-refractivity contribution in [3.63, 3.8) is 0 Å². The molecule has 0 atom stereocenters.